The van der Waals surface area contributed by atoms with Gasteiger partial charge < -0.3 is 9.47 Å². The molecule has 0 radical (unpaired) electrons. The lowest BCUT2D eigenvalue weighted by Gasteiger charge is -2.12. The van der Waals surface area contributed by atoms with E-state index in [2.05, 4.69) is 4.74 Å². The minimum atomic E-state index is -3.95. The van der Waals surface area contributed by atoms with Crippen LogP contribution in [0.4, 0.5) is 14.5 Å². The molecule has 2 rings (SSSR count). The first-order valence-electron chi connectivity index (χ1n) is 7.04. The molecule has 0 bridgehead atoms. The highest BCUT2D eigenvalue weighted by Crippen LogP contribution is 2.33. The fraction of sp³-hybridized carbons (Fsp3) is 0.125. The van der Waals surface area contributed by atoms with Gasteiger partial charge in [-0.25, -0.2) is 8.42 Å². The molecule has 0 amide bonds. The number of nitrogens with zero attached hydrogens (tertiary/aromatic N) is 1. The average molecular weight is 385 g/mol. The molecular weight excluding hydrogens is 372 g/mol. The summed E-state index contributed by atoms with van der Waals surface area (Å²) in [5, 5.41) is 11.4. The highest BCUT2D eigenvalue weighted by molar-refractivity contribution is 7.94. The molecule has 0 atom stereocenters. The number of sulfone groups is 1. The van der Waals surface area contributed by atoms with Gasteiger partial charge in [-0.3, -0.25) is 10.1 Å². The molecule has 0 aromatic heterocycles. The Hall–Kier alpha value is -3.01. The molecule has 0 fully saturated rings. The monoisotopic (exact) mass is 385 g/mol. The van der Waals surface area contributed by atoms with Crippen molar-refractivity contribution in [2.75, 3.05) is 7.11 Å². The first-order valence-corrected chi connectivity index (χ1v) is 8.58. The van der Waals surface area contributed by atoms with E-state index in [1.165, 1.54) is 25.3 Å². The summed E-state index contributed by atoms with van der Waals surface area (Å²) in [6.07, 6.45) is 1.08. The van der Waals surface area contributed by atoms with E-state index in [-0.39, 0.29) is 27.6 Å². The number of hydrogen-bond donors (Lipinski definition) is 0. The van der Waals surface area contributed by atoms with Gasteiger partial charge in [-0.1, -0.05) is 12.1 Å². The predicted octanol–water partition coefficient (Wildman–Crippen LogP) is 3.65. The maximum absolute atomic E-state index is 12.6. The molecule has 0 unspecified atom stereocenters. The van der Waals surface area contributed by atoms with Gasteiger partial charge in [-0.05, 0) is 24.3 Å². The fourth-order valence-electron chi connectivity index (χ4n) is 2.04. The quantitative estimate of drug-likeness (QED) is 0.533. The number of alkyl halides is 2. The normalized spacial score (nSPS) is 11.7. The summed E-state index contributed by atoms with van der Waals surface area (Å²) >= 11 is 0. The van der Waals surface area contributed by atoms with E-state index >= 15 is 0 Å². The van der Waals surface area contributed by atoms with Gasteiger partial charge in [0.25, 0.3) is 5.69 Å². The van der Waals surface area contributed by atoms with Crippen molar-refractivity contribution in [3.8, 4) is 11.5 Å². The summed E-state index contributed by atoms with van der Waals surface area (Å²) in [5.41, 5.74) is -0.191. The number of para-hydroxylation sites is 1. The summed E-state index contributed by atoms with van der Waals surface area (Å²) in [4.78, 5) is 9.78. The van der Waals surface area contributed by atoms with E-state index in [1.54, 1.807) is 0 Å². The van der Waals surface area contributed by atoms with Crippen molar-refractivity contribution < 1.29 is 31.6 Å². The lowest BCUT2D eigenvalue weighted by molar-refractivity contribution is -0.384. The first kappa shape index (κ1) is 19.3. The van der Waals surface area contributed by atoms with Gasteiger partial charge in [-0.15, -0.1) is 0 Å². The van der Waals surface area contributed by atoms with Crippen molar-refractivity contribution in [3.05, 3.63) is 63.6 Å². The number of nitro groups is 1. The van der Waals surface area contributed by atoms with E-state index in [1.807, 2.05) is 0 Å². The van der Waals surface area contributed by atoms with Crippen LogP contribution in [0, 0.1) is 10.1 Å². The highest BCUT2D eigenvalue weighted by Gasteiger charge is 2.16. The molecule has 0 saturated carbocycles. The topological polar surface area (TPSA) is 95.7 Å². The fourth-order valence-corrected chi connectivity index (χ4v) is 3.04. The van der Waals surface area contributed by atoms with Crippen molar-refractivity contribution in [1.29, 1.82) is 0 Å². The number of rotatable bonds is 7. The zero-order chi connectivity index (χ0) is 19.3. The van der Waals surface area contributed by atoms with Crippen LogP contribution in [0.2, 0.25) is 0 Å². The van der Waals surface area contributed by atoms with Crippen LogP contribution in [0.3, 0.4) is 0 Å². The van der Waals surface area contributed by atoms with Crippen LogP contribution in [0.15, 0.2) is 52.8 Å². The summed E-state index contributed by atoms with van der Waals surface area (Å²) in [5.74, 6) is -0.291. The SMILES string of the molecule is COc1cccc(/C=C/S(=O)(=O)c2ccc([N+](=O)[O-])cc2)c1OC(F)F. The standard InChI is InChI=1S/C16H13F2NO6S/c1-24-14-4-2-3-11(15(14)25-16(17)18)9-10-26(22,23)13-7-5-12(6-8-13)19(20)21/h2-10,16H,1H3/b10-9+. The average Bonchev–Trinajstić information content (AvgIpc) is 2.60. The Balaban J connectivity index is 2.37. The van der Waals surface area contributed by atoms with Crippen LogP contribution >= 0.6 is 0 Å². The Bertz CT molecular complexity index is 926. The van der Waals surface area contributed by atoms with Gasteiger partial charge in [-0.2, -0.15) is 8.78 Å². The number of ether oxygens (including phenoxy) is 2. The van der Waals surface area contributed by atoms with Crippen molar-refractivity contribution in [1.82, 2.24) is 0 Å². The third kappa shape index (κ3) is 4.54. The predicted molar refractivity (Wildman–Crippen MR) is 88.9 cm³/mol. The Morgan fingerprint density at radius 3 is 2.35 bits per heavy atom. The van der Waals surface area contributed by atoms with Gasteiger partial charge >= 0.3 is 6.61 Å². The van der Waals surface area contributed by atoms with Crippen molar-refractivity contribution in [2.45, 2.75) is 11.5 Å². The second-order valence-electron chi connectivity index (χ2n) is 4.86. The third-order valence-electron chi connectivity index (χ3n) is 3.24. The van der Waals surface area contributed by atoms with Gasteiger partial charge in [0.2, 0.25) is 0 Å². The van der Waals surface area contributed by atoms with Crippen molar-refractivity contribution in [2.24, 2.45) is 0 Å². The molecule has 0 saturated heterocycles. The summed E-state index contributed by atoms with van der Waals surface area (Å²) in [6, 6.07) is 8.52. The summed E-state index contributed by atoms with van der Waals surface area (Å²) in [6.45, 7) is -3.12. The van der Waals surface area contributed by atoms with E-state index in [4.69, 9.17) is 4.74 Å². The molecule has 0 aliphatic carbocycles. The Kier molecular flexibility index (Phi) is 5.88. The van der Waals surface area contributed by atoms with Crippen LogP contribution in [-0.2, 0) is 9.84 Å². The molecule has 26 heavy (non-hydrogen) atoms. The van der Waals surface area contributed by atoms with Gasteiger partial charge in [0.15, 0.2) is 21.3 Å². The summed E-state index contributed by atoms with van der Waals surface area (Å²) < 4.78 is 59.1. The summed E-state index contributed by atoms with van der Waals surface area (Å²) in [7, 11) is -2.69. The second-order valence-corrected chi connectivity index (χ2v) is 6.69. The van der Waals surface area contributed by atoms with E-state index in [0.29, 0.717) is 0 Å². The minimum Gasteiger partial charge on any atom is -0.493 e. The number of methoxy groups -OCH3 is 1. The number of hydrogen-bond acceptors (Lipinski definition) is 6. The molecule has 0 N–H and O–H groups in total. The molecule has 0 spiro atoms. The lowest BCUT2D eigenvalue weighted by Crippen LogP contribution is -2.05. The largest absolute Gasteiger partial charge is 0.493 e. The zero-order valence-corrected chi connectivity index (χ0v) is 14.2. The van der Waals surface area contributed by atoms with E-state index in [9.17, 15) is 27.3 Å². The molecule has 0 aliphatic rings. The Morgan fingerprint density at radius 1 is 1.15 bits per heavy atom. The molecule has 2 aromatic rings. The zero-order valence-electron chi connectivity index (χ0n) is 13.3. The van der Waals surface area contributed by atoms with E-state index < -0.39 is 21.4 Å². The third-order valence-corrected chi connectivity index (χ3v) is 4.66. The molecule has 0 aliphatic heterocycles. The molecule has 10 heteroatoms. The van der Waals surface area contributed by atoms with E-state index in [0.717, 1.165) is 35.7 Å². The minimum absolute atomic E-state index is 0.0141. The molecule has 2 aromatic carbocycles. The number of halogens is 2. The van der Waals surface area contributed by atoms with Crippen LogP contribution < -0.4 is 9.47 Å². The maximum Gasteiger partial charge on any atom is 0.387 e. The van der Waals surface area contributed by atoms with Crippen molar-refractivity contribution in [3.63, 3.8) is 0 Å². The molecule has 0 heterocycles. The van der Waals surface area contributed by atoms with Crippen LogP contribution in [-0.4, -0.2) is 27.1 Å². The van der Waals surface area contributed by atoms with Crippen molar-refractivity contribution >= 4 is 21.6 Å². The van der Waals surface area contributed by atoms with Gasteiger partial charge in [0, 0.05) is 23.1 Å². The van der Waals surface area contributed by atoms with Crippen LogP contribution in [0.25, 0.3) is 6.08 Å². The Morgan fingerprint density at radius 2 is 1.81 bits per heavy atom. The number of benzene rings is 2. The lowest BCUT2D eigenvalue weighted by atomic mass is 10.2. The van der Waals surface area contributed by atoms with Crippen LogP contribution in [0.1, 0.15) is 5.56 Å². The molecular formula is C16H13F2NO6S. The smallest absolute Gasteiger partial charge is 0.387 e. The molecule has 138 valence electrons. The number of nitro benzene ring substituents is 1. The highest BCUT2D eigenvalue weighted by atomic mass is 32.2. The van der Waals surface area contributed by atoms with Gasteiger partial charge in [0.05, 0.1) is 16.9 Å². The molecule has 7 nitrogen and oxygen atoms in total. The first-order chi connectivity index (χ1) is 12.2. The van der Waals surface area contributed by atoms with Gasteiger partial charge in [0.1, 0.15) is 0 Å². The maximum atomic E-state index is 12.6. The number of non-ortho nitro benzene ring substituents is 1. The second kappa shape index (κ2) is 7.91. The Labute approximate surface area is 147 Å². The van der Waals surface area contributed by atoms with Crippen LogP contribution in [0.5, 0.6) is 11.5 Å².